The molecule has 1 N–H and O–H groups in total. The second kappa shape index (κ2) is 9.85. The van der Waals surface area contributed by atoms with Crippen LogP contribution in [0.3, 0.4) is 0 Å². The predicted octanol–water partition coefficient (Wildman–Crippen LogP) is 2.55. The third-order valence-corrected chi connectivity index (χ3v) is 4.89. The van der Waals surface area contributed by atoms with Crippen LogP contribution in [0.25, 0.3) is 6.08 Å². The lowest BCUT2D eigenvalue weighted by Gasteiger charge is -2.36. The summed E-state index contributed by atoms with van der Waals surface area (Å²) in [5, 5.41) is 2.77. The van der Waals surface area contributed by atoms with Crippen molar-refractivity contribution in [2.75, 3.05) is 26.2 Å². The number of piperazine rings is 1. The van der Waals surface area contributed by atoms with Crippen molar-refractivity contribution in [2.45, 2.75) is 19.5 Å². The second-order valence-corrected chi connectivity index (χ2v) is 7.06. The minimum absolute atomic E-state index is 0.0270. The average Bonchev–Trinajstić information content (AvgIpc) is 2.74. The number of hydrogen-bond donors (Lipinski definition) is 1. The molecule has 1 aliphatic rings. The van der Waals surface area contributed by atoms with E-state index >= 15 is 0 Å². The maximum absolute atomic E-state index is 12.6. The normalized spacial score (nSPS) is 16.1. The van der Waals surface area contributed by atoms with Crippen LogP contribution in [0.4, 0.5) is 0 Å². The second-order valence-electron chi connectivity index (χ2n) is 7.06. The van der Waals surface area contributed by atoms with Gasteiger partial charge in [0, 0.05) is 38.8 Å². The average molecular weight is 377 g/mol. The van der Waals surface area contributed by atoms with Gasteiger partial charge in [0.05, 0.1) is 0 Å². The summed E-state index contributed by atoms with van der Waals surface area (Å²) in [5.74, 6) is -0.284. The van der Waals surface area contributed by atoms with Crippen LogP contribution in [0.5, 0.6) is 0 Å². The molecule has 2 amide bonds. The van der Waals surface area contributed by atoms with Crippen LogP contribution in [0, 0.1) is 0 Å². The zero-order valence-electron chi connectivity index (χ0n) is 16.3. The van der Waals surface area contributed by atoms with E-state index in [1.54, 1.807) is 13.0 Å². The molecule has 1 fully saturated rings. The molecule has 1 saturated heterocycles. The van der Waals surface area contributed by atoms with Gasteiger partial charge in [-0.15, -0.1) is 0 Å². The number of hydrogen-bond acceptors (Lipinski definition) is 3. The maximum atomic E-state index is 12.6. The third kappa shape index (κ3) is 5.79. The van der Waals surface area contributed by atoms with Gasteiger partial charge in [0.15, 0.2) is 0 Å². The number of amides is 2. The fraction of sp³-hybridized carbons (Fsp3) is 0.304. The van der Waals surface area contributed by atoms with Gasteiger partial charge in [-0.05, 0) is 24.1 Å². The molecule has 1 aliphatic heterocycles. The number of nitrogens with one attached hydrogen (secondary N) is 1. The Hall–Kier alpha value is -2.92. The van der Waals surface area contributed by atoms with Crippen molar-refractivity contribution < 1.29 is 9.59 Å². The molecule has 3 rings (SSSR count). The topological polar surface area (TPSA) is 52.7 Å². The Morgan fingerprint density at radius 2 is 1.57 bits per heavy atom. The first kappa shape index (κ1) is 19.8. The van der Waals surface area contributed by atoms with E-state index in [0.29, 0.717) is 13.1 Å². The number of carbonyl (C=O) groups excluding carboxylic acids is 2. The first-order valence-electron chi connectivity index (χ1n) is 9.70. The third-order valence-electron chi connectivity index (χ3n) is 4.89. The van der Waals surface area contributed by atoms with Gasteiger partial charge < -0.3 is 10.2 Å². The molecule has 1 heterocycles. The molecule has 2 aromatic carbocycles. The zero-order valence-corrected chi connectivity index (χ0v) is 16.3. The minimum atomic E-state index is -0.534. The predicted molar refractivity (Wildman–Crippen MR) is 111 cm³/mol. The van der Waals surface area contributed by atoms with Crippen molar-refractivity contribution in [3.05, 3.63) is 77.9 Å². The molecule has 1 atom stereocenters. The molecular weight excluding hydrogens is 350 g/mol. The van der Waals surface area contributed by atoms with E-state index in [1.165, 1.54) is 11.6 Å². The summed E-state index contributed by atoms with van der Waals surface area (Å²) in [6.07, 6.45) is 3.21. The summed E-state index contributed by atoms with van der Waals surface area (Å²) >= 11 is 0. The minimum Gasteiger partial charge on any atom is -0.341 e. The Kier molecular flexibility index (Phi) is 6.98. The van der Waals surface area contributed by atoms with E-state index in [1.807, 2.05) is 53.4 Å². The van der Waals surface area contributed by atoms with Gasteiger partial charge in [0.2, 0.25) is 11.8 Å². The molecule has 5 nitrogen and oxygen atoms in total. The van der Waals surface area contributed by atoms with Gasteiger partial charge in [-0.2, -0.15) is 0 Å². The van der Waals surface area contributed by atoms with E-state index in [4.69, 9.17) is 0 Å². The number of benzene rings is 2. The van der Waals surface area contributed by atoms with Gasteiger partial charge in [-0.1, -0.05) is 60.7 Å². The van der Waals surface area contributed by atoms with Gasteiger partial charge in [-0.3, -0.25) is 14.5 Å². The summed E-state index contributed by atoms with van der Waals surface area (Å²) in [4.78, 5) is 28.9. The van der Waals surface area contributed by atoms with E-state index in [9.17, 15) is 9.59 Å². The highest BCUT2D eigenvalue weighted by molar-refractivity contribution is 5.95. The lowest BCUT2D eigenvalue weighted by molar-refractivity contribution is -0.136. The molecule has 0 radical (unpaired) electrons. The molecular formula is C23H27N3O2. The Balaban J connectivity index is 1.44. The summed E-state index contributed by atoms with van der Waals surface area (Å²) in [7, 11) is 0. The van der Waals surface area contributed by atoms with Crippen LogP contribution in [0.2, 0.25) is 0 Å². The van der Waals surface area contributed by atoms with Crippen LogP contribution < -0.4 is 5.32 Å². The van der Waals surface area contributed by atoms with Gasteiger partial charge in [-0.25, -0.2) is 0 Å². The van der Waals surface area contributed by atoms with E-state index < -0.39 is 6.04 Å². The van der Waals surface area contributed by atoms with Crippen molar-refractivity contribution in [1.29, 1.82) is 0 Å². The van der Waals surface area contributed by atoms with Crippen molar-refractivity contribution in [1.82, 2.24) is 15.1 Å². The quantitative estimate of drug-likeness (QED) is 0.787. The van der Waals surface area contributed by atoms with Crippen molar-refractivity contribution in [2.24, 2.45) is 0 Å². The molecule has 28 heavy (non-hydrogen) atoms. The Bertz CT molecular complexity index is 797. The maximum Gasteiger partial charge on any atom is 0.244 e. The first-order chi connectivity index (χ1) is 13.6. The number of nitrogens with zero attached hydrogens (tertiary/aromatic N) is 2. The molecule has 146 valence electrons. The van der Waals surface area contributed by atoms with Gasteiger partial charge >= 0.3 is 0 Å². The van der Waals surface area contributed by atoms with Crippen LogP contribution >= 0.6 is 0 Å². The monoisotopic (exact) mass is 377 g/mol. The zero-order chi connectivity index (χ0) is 19.8. The highest BCUT2D eigenvalue weighted by Gasteiger charge is 2.25. The van der Waals surface area contributed by atoms with Crippen LogP contribution in [0.15, 0.2) is 66.7 Å². The van der Waals surface area contributed by atoms with Crippen molar-refractivity contribution >= 4 is 17.9 Å². The Labute approximate surface area is 166 Å². The number of rotatable bonds is 6. The summed E-state index contributed by atoms with van der Waals surface area (Å²) < 4.78 is 0. The molecule has 0 aliphatic carbocycles. The fourth-order valence-corrected chi connectivity index (χ4v) is 3.30. The summed E-state index contributed by atoms with van der Waals surface area (Å²) in [6.45, 7) is 5.70. The summed E-state index contributed by atoms with van der Waals surface area (Å²) in [6, 6.07) is 19.4. The summed E-state index contributed by atoms with van der Waals surface area (Å²) in [5.41, 5.74) is 2.24. The highest BCUT2D eigenvalue weighted by atomic mass is 16.2. The fourth-order valence-electron chi connectivity index (χ4n) is 3.30. The van der Waals surface area contributed by atoms with E-state index in [0.717, 1.165) is 25.2 Å². The lowest BCUT2D eigenvalue weighted by atomic mass is 10.2. The molecule has 0 spiro atoms. The van der Waals surface area contributed by atoms with Crippen LogP contribution in [-0.4, -0.2) is 53.8 Å². The van der Waals surface area contributed by atoms with Gasteiger partial charge in [0.25, 0.3) is 0 Å². The standard InChI is InChI=1S/C23H27N3O2/c1-19(24-22(27)13-12-20-8-4-2-5-9-20)23(28)26-16-14-25(15-17-26)18-21-10-6-3-7-11-21/h2-13,19H,14-18H2,1H3,(H,24,27)/b13-12+. The smallest absolute Gasteiger partial charge is 0.244 e. The molecule has 0 aromatic heterocycles. The van der Waals surface area contributed by atoms with Crippen LogP contribution in [0.1, 0.15) is 18.1 Å². The van der Waals surface area contributed by atoms with Crippen molar-refractivity contribution in [3.63, 3.8) is 0 Å². The molecule has 5 heteroatoms. The Morgan fingerprint density at radius 1 is 0.964 bits per heavy atom. The van der Waals surface area contributed by atoms with E-state index in [-0.39, 0.29) is 11.8 Å². The largest absolute Gasteiger partial charge is 0.341 e. The molecule has 0 bridgehead atoms. The molecule has 2 aromatic rings. The number of carbonyl (C=O) groups is 2. The van der Waals surface area contributed by atoms with E-state index in [2.05, 4.69) is 22.3 Å². The van der Waals surface area contributed by atoms with Gasteiger partial charge in [0.1, 0.15) is 6.04 Å². The van der Waals surface area contributed by atoms with Crippen molar-refractivity contribution in [3.8, 4) is 0 Å². The molecule has 0 saturated carbocycles. The van der Waals surface area contributed by atoms with Crippen LogP contribution in [-0.2, 0) is 16.1 Å². The Morgan fingerprint density at radius 3 is 2.21 bits per heavy atom. The highest BCUT2D eigenvalue weighted by Crippen LogP contribution is 2.09. The molecule has 1 unspecified atom stereocenters. The SMILES string of the molecule is CC(NC(=O)/C=C/c1ccccc1)C(=O)N1CCN(Cc2ccccc2)CC1. The lowest BCUT2D eigenvalue weighted by Crippen LogP contribution is -2.53. The first-order valence-corrected chi connectivity index (χ1v) is 9.70.